The predicted molar refractivity (Wildman–Crippen MR) is 72.8 cm³/mol. The van der Waals surface area contributed by atoms with Gasteiger partial charge < -0.3 is 9.57 Å². The lowest BCUT2D eigenvalue weighted by Gasteiger charge is -2.29. The van der Waals surface area contributed by atoms with Crippen LogP contribution in [-0.4, -0.2) is 25.1 Å². The summed E-state index contributed by atoms with van der Waals surface area (Å²) >= 11 is 0. The highest BCUT2D eigenvalue weighted by molar-refractivity contribution is 5.89. The van der Waals surface area contributed by atoms with E-state index in [1.165, 1.54) is 7.11 Å². The van der Waals surface area contributed by atoms with Crippen molar-refractivity contribution in [3.63, 3.8) is 0 Å². The van der Waals surface area contributed by atoms with Crippen molar-refractivity contribution in [2.24, 2.45) is 5.92 Å². The van der Waals surface area contributed by atoms with Gasteiger partial charge in [0.25, 0.3) is 0 Å². The maximum absolute atomic E-state index is 11.8. The Bertz CT molecular complexity index is 460. The highest BCUT2D eigenvalue weighted by Gasteiger charge is 2.32. The van der Waals surface area contributed by atoms with E-state index in [0.29, 0.717) is 5.56 Å². The van der Waals surface area contributed by atoms with Gasteiger partial charge in [0, 0.05) is 0 Å². The number of carbonyl (C=O) groups excluding carboxylic acids is 2. The van der Waals surface area contributed by atoms with Crippen LogP contribution in [0, 0.1) is 5.92 Å². The Balaban J connectivity index is 1.91. The average molecular weight is 277 g/mol. The first-order valence-corrected chi connectivity index (χ1v) is 6.82. The molecule has 1 aromatic rings. The monoisotopic (exact) mass is 277 g/mol. The molecule has 0 aromatic heterocycles. The molecule has 0 unspecified atom stereocenters. The fourth-order valence-corrected chi connectivity index (χ4v) is 2.47. The number of hydrogen-bond donors (Lipinski definition) is 1. The first kappa shape index (κ1) is 14.5. The second-order valence-electron chi connectivity index (χ2n) is 4.89. The van der Waals surface area contributed by atoms with E-state index in [0.717, 1.165) is 25.7 Å². The van der Waals surface area contributed by atoms with Gasteiger partial charge >= 0.3 is 11.9 Å². The number of hydroxylamine groups is 1. The van der Waals surface area contributed by atoms with Gasteiger partial charge in [0.1, 0.15) is 0 Å². The van der Waals surface area contributed by atoms with Crippen LogP contribution in [0.2, 0.25) is 0 Å². The third-order valence-corrected chi connectivity index (χ3v) is 3.58. The molecule has 1 aliphatic carbocycles. The molecule has 5 heteroatoms. The number of methoxy groups -OCH3 is 1. The lowest BCUT2D eigenvalue weighted by molar-refractivity contribution is -0.149. The second-order valence-corrected chi connectivity index (χ2v) is 4.89. The number of ether oxygens (including phenoxy) is 1. The molecule has 0 heterocycles. The van der Waals surface area contributed by atoms with Crippen LogP contribution in [0.5, 0.6) is 0 Å². The molecule has 2 rings (SSSR count). The van der Waals surface area contributed by atoms with Gasteiger partial charge in [-0.15, -0.1) is 5.48 Å². The molecule has 2 atom stereocenters. The Labute approximate surface area is 118 Å². The van der Waals surface area contributed by atoms with Gasteiger partial charge in [0.15, 0.2) is 0 Å². The largest absolute Gasteiger partial charge is 0.469 e. The number of esters is 1. The summed E-state index contributed by atoms with van der Waals surface area (Å²) in [4.78, 5) is 28.6. The molecule has 1 saturated carbocycles. The first-order chi connectivity index (χ1) is 9.72. The first-order valence-electron chi connectivity index (χ1n) is 6.82. The summed E-state index contributed by atoms with van der Waals surface area (Å²) < 4.78 is 4.79. The van der Waals surface area contributed by atoms with Crippen LogP contribution < -0.4 is 5.48 Å². The molecule has 20 heavy (non-hydrogen) atoms. The Kier molecular flexibility index (Phi) is 5.12. The van der Waals surface area contributed by atoms with Crippen molar-refractivity contribution in [3.8, 4) is 0 Å². The second kappa shape index (κ2) is 7.05. The quantitative estimate of drug-likeness (QED) is 0.674. The van der Waals surface area contributed by atoms with Gasteiger partial charge in [-0.1, -0.05) is 31.0 Å². The molecular weight excluding hydrogens is 258 g/mol. The van der Waals surface area contributed by atoms with Crippen LogP contribution in [0.25, 0.3) is 0 Å². The summed E-state index contributed by atoms with van der Waals surface area (Å²) in [5.74, 6) is -0.949. The van der Waals surface area contributed by atoms with E-state index < -0.39 is 5.97 Å². The molecule has 0 bridgehead atoms. The zero-order valence-corrected chi connectivity index (χ0v) is 11.5. The Morgan fingerprint density at radius 3 is 2.55 bits per heavy atom. The van der Waals surface area contributed by atoms with Crippen LogP contribution in [0.3, 0.4) is 0 Å². The van der Waals surface area contributed by atoms with Crippen LogP contribution in [0.1, 0.15) is 36.0 Å². The molecule has 0 saturated heterocycles. The highest BCUT2D eigenvalue weighted by atomic mass is 16.7. The van der Waals surface area contributed by atoms with Crippen molar-refractivity contribution in [1.82, 2.24) is 5.48 Å². The van der Waals surface area contributed by atoms with Crippen LogP contribution >= 0.6 is 0 Å². The SMILES string of the molecule is COC(=O)[C@H]1CCCC[C@@H]1NOC(=O)c1ccccc1. The number of rotatable bonds is 4. The zero-order chi connectivity index (χ0) is 14.4. The summed E-state index contributed by atoms with van der Waals surface area (Å²) in [6.07, 6.45) is 3.55. The number of carbonyl (C=O) groups is 2. The summed E-state index contributed by atoms with van der Waals surface area (Å²) in [7, 11) is 1.38. The molecule has 5 nitrogen and oxygen atoms in total. The molecule has 108 valence electrons. The maximum Gasteiger partial charge on any atom is 0.356 e. The van der Waals surface area contributed by atoms with Gasteiger partial charge in [-0.25, -0.2) is 4.79 Å². The van der Waals surface area contributed by atoms with Gasteiger partial charge in [0.05, 0.1) is 24.6 Å². The van der Waals surface area contributed by atoms with Crippen molar-refractivity contribution in [2.45, 2.75) is 31.7 Å². The van der Waals surface area contributed by atoms with Gasteiger partial charge in [-0.2, -0.15) is 0 Å². The standard InChI is InChI=1S/C15H19NO4/c1-19-15(18)12-9-5-6-10-13(12)16-20-14(17)11-7-3-2-4-8-11/h2-4,7-8,12-13,16H,5-6,9-10H2,1H3/t12-,13-/m0/s1. The minimum atomic E-state index is -0.445. The van der Waals surface area contributed by atoms with Crippen molar-refractivity contribution in [2.75, 3.05) is 7.11 Å². The summed E-state index contributed by atoms with van der Waals surface area (Å²) in [6, 6.07) is 8.57. The molecule has 0 spiro atoms. The van der Waals surface area contributed by atoms with Gasteiger partial charge in [-0.3, -0.25) is 4.79 Å². The Hall–Kier alpha value is -1.88. The molecule has 1 N–H and O–H groups in total. The van der Waals surface area contributed by atoms with Crippen molar-refractivity contribution in [1.29, 1.82) is 0 Å². The molecule has 0 radical (unpaired) electrons. The third-order valence-electron chi connectivity index (χ3n) is 3.58. The minimum absolute atomic E-state index is 0.177. The van der Waals surface area contributed by atoms with E-state index in [-0.39, 0.29) is 17.9 Å². The number of nitrogens with one attached hydrogen (secondary N) is 1. The number of benzene rings is 1. The molecule has 1 aliphatic rings. The topological polar surface area (TPSA) is 64.6 Å². The lowest BCUT2D eigenvalue weighted by Crippen LogP contribution is -2.43. The predicted octanol–water partition coefficient (Wildman–Crippen LogP) is 2.08. The highest BCUT2D eigenvalue weighted by Crippen LogP contribution is 2.25. The fraction of sp³-hybridized carbons (Fsp3) is 0.467. The normalized spacial score (nSPS) is 22.1. The molecule has 1 aromatic carbocycles. The van der Waals surface area contributed by atoms with E-state index in [1.54, 1.807) is 24.3 Å². The minimum Gasteiger partial charge on any atom is -0.469 e. The van der Waals surface area contributed by atoms with Gasteiger partial charge in [0.2, 0.25) is 0 Å². The molecule has 0 amide bonds. The van der Waals surface area contributed by atoms with E-state index in [2.05, 4.69) is 5.48 Å². The zero-order valence-electron chi connectivity index (χ0n) is 11.5. The lowest BCUT2D eigenvalue weighted by atomic mass is 9.85. The molecule has 1 fully saturated rings. The van der Waals surface area contributed by atoms with Crippen LogP contribution in [0.15, 0.2) is 30.3 Å². The van der Waals surface area contributed by atoms with Crippen LogP contribution in [-0.2, 0) is 14.4 Å². The third kappa shape index (κ3) is 3.57. The van der Waals surface area contributed by atoms with Crippen molar-refractivity contribution >= 4 is 11.9 Å². The van der Waals surface area contributed by atoms with E-state index >= 15 is 0 Å². The molecular formula is C15H19NO4. The smallest absolute Gasteiger partial charge is 0.356 e. The summed E-state index contributed by atoms with van der Waals surface area (Å²) in [5, 5.41) is 0. The number of hydrogen-bond acceptors (Lipinski definition) is 5. The van der Waals surface area contributed by atoms with Crippen molar-refractivity contribution in [3.05, 3.63) is 35.9 Å². The maximum atomic E-state index is 11.8. The van der Waals surface area contributed by atoms with Gasteiger partial charge in [-0.05, 0) is 25.0 Å². The van der Waals surface area contributed by atoms with E-state index in [1.807, 2.05) is 6.07 Å². The average Bonchev–Trinajstić information content (AvgIpc) is 2.53. The van der Waals surface area contributed by atoms with Crippen molar-refractivity contribution < 1.29 is 19.2 Å². The Morgan fingerprint density at radius 1 is 1.15 bits per heavy atom. The molecule has 0 aliphatic heterocycles. The fourth-order valence-electron chi connectivity index (χ4n) is 2.47. The van der Waals surface area contributed by atoms with E-state index in [4.69, 9.17) is 9.57 Å². The van der Waals surface area contributed by atoms with Crippen LogP contribution in [0.4, 0.5) is 0 Å². The summed E-state index contributed by atoms with van der Waals surface area (Å²) in [6.45, 7) is 0. The summed E-state index contributed by atoms with van der Waals surface area (Å²) in [5.41, 5.74) is 3.21. The van der Waals surface area contributed by atoms with E-state index in [9.17, 15) is 9.59 Å². The Morgan fingerprint density at radius 2 is 1.85 bits per heavy atom.